The van der Waals surface area contributed by atoms with Gasteiger partial charge in [0.25, 0.3) is 0 Å². The first kappa shape index (κ1) is 24.0. The van der Waals surface area contributed by atoms with E-state index in [1.807, 2.05) is 24.3 Å². The maximum Gasteiger partial charge on any atom is 0.416 e. The van der Waals surface area contributed by atoms with Crippen molar-refractivity contribution in [1.29, 1.82) is 0 Å². The van der Waals surface area contributed by atoms with E-state index in [0.29, 0.717) is 40.3 Å². The lowest BCUT2D eigenvalue weighted by molar-refractivity contribution is -0.138. The highest BCUT2D eigenvalue weighted by atomic mass is 19.4. The molecule has 3 heterocycles. The first-order valence-electron chi connectivity index (χ1n) is 11.3. The van der Waals surface area contributed by atoms with Crippen LogP contribution in [0.5, 0.6) is 0 Å². The van der Waals surface area contributed by atoms with Gasteiger partial charge in [-0.2, -0.15) is 26.3 Å². The quantitative estimate of drug-likeness (QED) is 0.211. The summed E-state index contributed by atoms with van der Waals surface area (Å²) < 4.78 is 82.1. The fourth-order valence-corrected chi connectivity index (χ4v) is 4.55. The van der Waals surface area contributed by atoms with Crippen molar-refractivity contribution in [3.8, 4) is 0 Å². The zero-order chi connectivity index (χ0) is 25.5. The van der Waals surface area contributed by atoms with E-state index >= 15 is 0 Å². The highest BCUT2D eigenvalue weighted by Crippen LogP contribution is 2.34. The minimum absolute atomic E-state index is 0.0746. The van der Waals surface area contributed by atoms with Gasteiger partial charge in [-0.05, 0) is 77.2 Å². The van der Waals surface area contributed by atoms with Crippen molar-refractivity contribution in [2.75, 3.05) is 0 Å². The fourth-order valence-electron chi connectivity index (χ4n) is 4.55. The minimum atomic E-state index is -4.59. The Bertz CT molecular complexity index is 1320. The Morgan fingerprint density at radius 1 is 0.444 bits per heavy atom. The Kier molecular flexibility index (Phi) is 6.06. The molecule has 1 aliphatic heterocycles. The number of hydrogen-bond donors (Lipinski definition) is 0. The zero-order valence-electron chi connectivity index (χ0n) is 18.9. The van der Waals surface area contributed by atoms with Crippen molar-refractivity contribution >= 4 is 0 Å². The van der Waals surface area contributed by atoms with Crippen LogP contribution in [0.4, 0.5) is 26.3 Å². The standard InChI is InChI=1S/C28H20F6N2/c29-27(30,31)21-10-17-7-18-9-20(13-22(11-18)28(32,33)34)15-24-4-2-6-26(36-24)16-25-5-1-3-23(35-25)14-19(8-17)12-21/h1-6,8-13H,7,14-16H2. The van der Waals surface area contributed by atoms with Crippen LogP contribution in [-0.2, 0) is 38.0 Å². The van der Waals surface area contributed by atoms with Gasteiger partial charge in [0, 0.05) is 42.0 Å². The molecule has 0 N–H and O–H groups in total. The van der Waals surface area contributed by atoms with Gasteiger partial charge in [-0.1, -0.05) is 24.3 Å². The Morgan fingerprint density at radius 3 is 1.14 bits per heavy atom. The van der Waals surface area contributed by atoms with Crippen LogP contribution in [0.2, 0.25) is 0 Å². The van der Waals surface area contributed by atoms with Crippen LogP contribution >= 0.6 is 0 Å². The molecule has 184 valence electrons. The molecule has 2 aromatic heterocycles. The third kappa shape index (κ3) is 5.58. The molecule has 0 saturated heterocycles. The number of halogens is 6. The van der Waals surface area contributed by atoms with Gasteiger partial charge in [0.1, 0.15) is 0 Å². The molecule has 2 aromatic carbocycles. The molecule has 0 spiro atoms. The van der Waals surface area contributed by atoms with Crippen LogP contribution in [0.3, 0.4) is 0 Å². The second kappa shape index (κ2) is 9.08. The summed E-state index contributed by atoms with van der Waals surface area (Å²) >= 11 is 0. The van der Waals surface area contributed by atoms with Gasteiger partial charge < -0.3 is 0 Å². The second-order valence-corrected chi connectivity index (χ2v) is 9.02. The van der Waals surface area contributed by atoms with Gasteiger partial charge in [0.05, 0.1) is 11.1 Å². The Hall–Kier alpha value is -3.68. The van der Waals surface area contributed by atoms with Crippen molar-refractivity contribution in [3.05, 3.63) is 129 Å². The Morgan fingerprint density at radius 2 is 0.778 bits per heavy atom. The van der Waals surface area contributed by atoms with E-state index in [-0.39, 0.29) is 30.4 Å². The van der Waals surface area contributed by atoms with Gasteiger partial charge in [-0.3, -0.25) is 9.97 Å². The van der Waals surface area contributed by atoms with E-state index in [1.54, 1.807) is 24.3 Å². The third-order valence-electron chi connectivity index (χ3n) is 6.03. The number of hydrogen-bond acceptors (Lipinski definition) is 2. The summed E-state index contributed by atoms with van der Waals surface area (Å²) in [6.07, 6.45) is -8.54. The molecule has 0 aliphatic carbocycles. The number of fused-ring (bicyclic) bond motifs is 8. The summed E-state index contributed by atoms with van der Waals surface area (Å²) in [5.41, 5.74) is 2.30. The number of nitrogens with zero attached hydrogens (tertiary/aromatic N) is 2. The van der Waals surface area contributed by atoms with Gasteiger partial charge in [0.15, 0.2) is 0 Å². The molecule has 5 rings (SSSR count). The summed E-state index contributed by atoms with van der Waals surface area (Å²) in [7, 11) is 0. The van der Waals surface area contributed by atoms with E-state index in [0.717, 1.165) is 24.3 Å². The fraction of sp³-hybridized carbons (Fsp3) is 0.214. The maximum absolute atomic E-state index is 13.7. The van der Waals surface area contributed by atoms with Crippen LogP contribution < -0.4 is 0 Å². The molecule has 8 bridgehead atoms. The second-order valence-electron chi connectivity index (χ2n) is 9.02. The number of pyridine rings is 2. The average Bonchev–Trinajstić information content (AvgIpc) is 2.77. The maximum atomic E-state index is 13.7. The van der Waals surface area contributed by atoms with E-state index in [4.69, 9.17) is 0 Å². The van der Waals surface area contributed by atoms with Crippen LogP contribution in [0, 0.1) is 0 Å². The molecule has 2 nitrogen and oxygen atoms in total. The average molecular weight is 498 g/mol. The first-order valence-corrected chi connectivity index (χ1v) is 11.3. The van der Waals surface area contributed by atoms with Crippen LogP contribution in [0.25, 0.3) is 0 Å². The summed E-state index contributed by atoms with van der Waals surface area (Å²) in [4.78, 5) is 9.23. The Labute approximate surface area is 203 Å². The molecule has 0 saturated carbocycles. The topological polar surface area (TPSA) is 25.8 Å². The number of aromatic nitrogens is 2. The third-order valence-corrected chi connectivity index (χ3v) is 6.03. The van der Waals surface area contributed by atoms with Gasteiger partial charge in [0.2, 0.25) is 0 Å². The lowest BCUT2D eigenvalue weighted by Gasteiger charge is -2.16. The predicted molar refractivity (Wildman–Crippen MR) is 123 cm³/mol. The molecule has 4 aromatic rings. The van der Waals surface area contributed by atoms with Crippen molar-refractivity contribution in [2.24, 2.45) is 0 Å². The van der Waals surface area contributed by atoms with Crippen LogP contribution in [-0.4, -0.2) is 9.97 Å². The summed E-state index contributed by atoms with van der Waals surface area (Å²) in [5.74, 6) is 0. The highest BCUT2D eigenvalue weighted by molar-refractivity contribution is 5.41. The van der Waals surface area contributed by atoms with Gasteiger partial charge in [-0.15, -0.1) is 0 Å². The van der Waals surface area contributed by atoms with E-state index in [9.17, 15) is 26.3 Å². The SMILES string of the molecule is FC(F)(F)c1cc2cc(c1)Cc1cccc(n1)Cc1cccc(n1)Cc1cc(cc(C(F)(F)F)c1)C2. The summed E-state index contributed by atoms with van der Waals surface area (Å²) in [6.45, 7) is 0. The van der Waals surface area contributed by atoms with Crippen molar-refractivity contribution in [1.82, 2.24) is 9.97 Å². The smallest absolute Gasteiger partial charge is 0.257 e. The van der Waals surface area contributed by atoms with Gasteiger partial charge >= 0.3 is 12.4 Å². The molecular formula is C28H20F6N2. The van der Waals surface area contributed by atoms with Crippen molar-refractivity contribution < 1.29 is 26.3 Å². The summed E-state index contributed by atoms with van der Waals surface area (Å²) in [6, 6.07) is 18.1. The normalized spacial score (nSPS) is 13.9. The predicted octanol–water partition coefficient (Wildman–Crippen LogP) is 7.19. The molecule has 0 unspecified atom stereocenters. The lowest BCUT2D eigenvalue weighted by atomic mass is 9.94. The molecule has 1 aliphatic rings. The number of benzene rings is 2. The van der Waals surface area contributed by atoms with E-state index in [2.05, 4.69) is 9.97 Å². The molecule has 0 atom stereocenters. The molecule has 0 fully saturated rings. The van der Waals surface area contributed by atoms with Crippen LogP contribution in [0.1, 0.15) is 56.2 Å². The number of rotatable bonds is 0. The highest BCUT2D eigenvalue weighted by Gasteiger charge is 2.32. The molecule has 0 amide bonds. The lowest BCUT2D eigenvalue weighted by Crippen LogP contribution is -2.10. The number of alkyl halides is 6. The summed E-state index contributed by atoms with van der Waals surface area (Å²) in [5, 5.41) is 0. The van der Waals surface area contributed by atoms with Crippen molar-refractivity contribution in [2.45, 2.75) is 38.0 Å². The Balaban J connectivity index is 1.68. The monoisotopic (exact) mass is 498 g/mol. The molecule has 0 radical (unpaired) electrons. The molecule has 8 heteroatoms. The largest absolute Gasteiger partial charge is 0.416 e. The van der Waals surface area contributed by atoms with Crippen LogP contribution in [0.15, 0.2) is 72.8 Å². The molecule has 36 heavy (non-hydrogen) atoms. The van der Waals surface area contributed by atoms with Crippen molar-refractivity contribution in [3.63, 3.8) is 0 Å². The van der Waals surface area contributed by atoms with Gasteiger partial charge in [-0.25, -0.2) is 0 Å². The van der Waals surface area contributed by atoms with E-state index in [1.165, 1.54) is 0 Å². The first-order chi connectivity index (χ1) is 17.0. The minimum Gasteiger partial charge on any atom is -0.257 e. The zero-order valence-corrected chi connectivity index (χ0v) is 18.9. The van der Waals surface area contributed by atoms with E-state index < -0.39 is 23.5 Å². The molecular weight excluding hydrogens is 478 g/mol.